The Morgan fingerprint density at radius 1 is 1.17 bits per heavy atom. The molecule has 0 spiro atoms. The summed E-state index contributed by atoms with van der Waals surface area (Å²) < 4.78 is 5.69. The smallest absolute Gasteiger partial charge is 0.226 e. The second-order valence-electron chi connectivity index (χ2n) is 6.43. The topological polar surface area (TPSA) is 64.4 Å². The minimum absolute atomic E-state index is 0.0811. The first-order chi connectivity index (χ1) is 11.7. The highest BCUT2D eigenvalue weighted by atomic mass is 16.5. The van der Waals surface area contributed by atoms with Crippen LogP contribution in [0.15, 0.2) is 54.6 Å². The number of anilines is 1. The van der Waals surface area contributed by atoms with Crippen molar-refractivity contribution in [3.8, 4) is 0 Å². The summed E-state index contributed by atoms with van der Waals surface area (Å²) in [7, 11) is 0. The van der Waals surface area contributed by atoms with Crippen LogP contribution in [0.3, 0.4) is 0 Å². The van der Waals surface area contributed by atoms with E-state index in [1.807, 2.05) is 54.6 Å². The van der Waals surface area contributed by atoms with Crippen LogP contribution in [0.25, 0.3) is 0 Å². The number of carbonyl (C=O) groups is 1. The van der Waals surface area contributed by atoms with Crippen molar-refractivity contribution < 1.29 is 9.53 Å². The standard InChI is InChI=1S/C20H24N2O2/c21-19(17-6-2-1-3-7-17)12-20(23)22-18-8-4-5-16(11-18)14-24-13-15-9-10-15/h1-8,11,15,19H,9-10,12-14,21H2,(H,22,23). The first-order valence-corrected chi connectivity index (χ1v) is 8.48. The number of hydrogen-bond acceptors (Lipinski definition) is 3. The third-order valence-electron chi connectivity index (χ3n) is 4.16. The van der Waals surface area contributed by atoms with Crippen LogP contribution in [0.2, 0.25) is 0 Å². The third kappa shape index (κ3) is 5.18. The number of ether oxygens (including phenoxy) is 1. The van der Waals surface area contributed by atoms with Crippen LogP contribution < -0.4 is 11.1 Å². The molecule has 4 nitrogen and oxygen atoms in total. The highest BCUT2D eigenvalue weighted by molar-refractivity contribution is 5.91. The van der Waals surface area contributed by atoms with Gasteiger partial charge in [-0.25, -0.2) is 0 Å². The fraction of sp³-hybridized carbons (Fsp3) is 0.350. The molecule has 2 aromatic rings. The van der Waals surface area contributed by atoms with Crippen LogP contribution >= 0.6 is 0 Å². The van der Waals surface area contributed by atoms with E-state index in [2.05, 4.69) is 5.32 Å². The first-order valence-electron chi connectivity index (χ1n) is 8.48. The molecule has 126 valence electrons. The zero-order valence-corrected chi connectivity index (χ0v) is 13.8. The molecule has 1 amide bonds. The van der Waals surface area contributed by atoms with Gasteiger partial charge in [0.05, 0.1) is 6.61 Å². The Morgan fingerprint density at radius 3 is 2.71 bits per heavy atom. The van der Waals surface area contributed by atoms with E-state index in [-0.39, 0.29) is 18.4 Å². The van der Waals surface area contributed by atoms with Crippen molar-refractivity contribution in [3.63, 3.8) is 0 Å². The zero-order chi connectivity index (χ0) is 16.8. The molecule has 1 fully saturated rings. The van der Waals surface area contributed by atoms with Crippen molar-refractivity contribution in [2.75, 3.05) is 11.9 Å². The van der Waals surface area contributed by atoms with Gasteiger partial charge >= 0.3 is 0 Å². The van der Waals surface area contributed by atoms with Gasteiger partial charge in [-0.05, 0) is 42.0 Å². The van der Waals surface area contributed by atoms with E-state index < -0.39 is 0 Å². The molecule has 2 aromatic carbocycles. The molecule has 4 heteroatoms. The SMILES string of the molecule is NC(CC(=O)Nc1cccc(COCC2CC2)c1)c1ccccc1. The summed E-state index contributed by atoms with van der Waals surface area (Å²) in [6, 6.07) is 17.2. The van der Waals surface area contributed by atoms with Gasteiger partial charge in [-0.1, -0.05) is 42.5 Å². The molecule has 3 N–H and O–H groups in total. The Bertz CT molecular complexity index is 668. The molecule has 0 aromatic heterocycles. The van der Waals surface area contributed by atoms with E-state index in [0.29, 0.717) is 6.61 Å². The van der Waals surface area contributed by atoms with E-state index in [1.54, 1.807) is 0 Å². The highest BCUT2D eigenvalue weighted by Crippen LogP contribution is 2.29. The van der Waals surface area contributed by atoms with Gasteiger partial charge in [-0.3, -0.25) is 4.79 Å². The van der Waals surface area contributed by atoms with Crippen LogP contribution in [0.5, 0.6) is 0 Å². The molecule has 1 saturated carbocycles. The lowest BCUT2D eigenvalue weighted by molar-refractivity contribution is -0.116. The Hall–Kier alpha value is -2.17. The number of amides is 1. The zero-order valence-electron chi connectivity index (χ0n) is 13.8. The number of nitrogens with one attached hydrogen (secondary N) is 1. The molecule has 1 aliphatic rings. The van der Waals surface area contributed by atoms with Crippen LogP contribution in [0.4, 0.5) is 5.69 Å². The molecular formula is C20H24N2O2. The van der Waals surface area contributed by atoms with Gasteiger partial charge in [0.1, 0.15) is 0 Å². The number of benzene rings is 2. The molecule has 3 rings (SSSR count). The molecular weight excluding hydrogens is 300 g/mol. The van der Waals surface area contributed by atoms with Crippen molar-refractivity contribution in [2.45, 2.75) is 31.9 Å². The van der Waals surface area contributed by atoms with Crippen molar-refractivity contribution >= 4 is 11.6 Å². The maximum absolute atomic E-state index is 12.2. The minimum atomic E-state index is -0.295. The monoisotopic (exact) mass is 324 g/mol. The average Bonchev–Trinajstić information content (AvgIpc) is 3.40. The summed E-state index contributed by atoms with van der Waals surface area (Å²) in [6.07, 6.45) is 2.84. The van der Waals surface area contributed by atoms with Crippen molar-refractivity contribution in [1.29, 1.82) is 0 Å². The fourth-order valence-electron chi connectivity index (χ4n) is 2.60. The van der Waals surface area contributed by atoms with E-state index >= 15 is 0 Å². The average molecular weight is 324 g/mol. The molecule has 1 unspecified atom stereocenters. The van der Waals surface area contributed by atoms with Crippen LogP contribution in [0.1, 0.15) is 36.4 Å². The van der Waals surface area contributed by atoms with Crippen LogP contribution in [0, 0.1) is 5.92 Å². The van der Waals surface area contributed by atoms with E-state index in [1.165, 1.54) is 12.8 Å². The molecule has 1 atom stereocenters. The predicted molar refractivity (Wildman–Crippen MR) is 95.4 cm³/mol. The molecule has 24 heavy (non-hydrogen) atoms. The summed E-state index contributed by atoms with van der Waals surface area (Å²) in [5.74, 6) is 0.676. The summed E-state index contributed by atoms with van der Waals surface area (Å²) in [6.45, 7) is 1.42. The maximum atomic E-state index is 12.2. The number of carbonyl (C=O) groups excluding carboxylic acids is 1. The number of hydrogen-bond donors (Lipinski definition) is 2. The Balaban J connectivity index is 1.50. The molecule has 0 radical (unpaired) electrons. The van der Waals surface area contributed by atoms with Gasteiger partial charge in [0.25, 0.3) is 0 Å². The normalized spacial score (nSPS) is 15.0. The summed E-state index contributed by atoms with van der Waals surface area (Å²) in [5, 5.41) is 2.92. The largest absolute Gasteiger partial charge is 0.376 e. The predicted octanol–water partition coefficient (Wildman–Crippen LogP) is 3.64. The lowest BCUT2D eigenvalue weighted by Crippen LogP contribution is -2.20. The van der Waals surface area contributed by atoms with Gasteiger partial charge in [0.15, 0.2) is 0 Å². The Labute approximate surface area is 143 Å². The van der Waals surface area contributed by atoms with Crippen LogP contribution in [-0.4, -0.2) is 12.5 Å². The molecule has 0 aliphatic heterocycles. The van der Waals surface area contributed by atoms with E-state index in [0.717, 1.165) is 29.3 Å². The molecule has 0 bridgehead atoms. The van der Waals surface area contributed by atoms with Gasteiger partial charge in [-0.2, -0.15) is 0 Å². The third-order valence-corrected chi connectivity index (χ3v) is 4.16. The van der Waals surface area contributed by atoms with Crippen LogP contribution in [-0.2, 0) is 16.1 Å². The van der Waals surface area contributed by atoms with Gasteiger partial charge in [0.2, 0.25) is 5.91 Å². The van der Waals surface area contributed by atoms with Crippen molar-refractivity contribution in [2.24, 2.45) is 11.7 Å². The van der Waals surface area contributed by atoms with Gasteiger partial charge < -0.3 is 15.8 Å². The van der Waals surface area contributed by atoms with Gasteiger partial charge in [-0.15, -0.1) is 0 Å². The lowest BCUT2D eigenvalue weighted by Gasteiger charge is -2.13. The minimum Gasteiger partial charge on any atom is -0.376 e. The number of rotatable bonds is 8. The second-order valence-corrected chi connectivity index (χ2v) is 6.43. The molecule has 0 heterocycles. The Kier molecular flexibility index (Phi) is 5.62. The summed E-state index contributed by atoms with van der Waals surface area (Å²) in [5.41, 5.74) is 8.92. The second kappa shape index (κ2) is 8.08. The summed E-state index contributed by atoms with van der Waals surface area (Å²) in [4.78, 5) is 12.2. The first kappa shape index (κ1) is 16.7. The quantitative estimate of drug-likeness (QED) is 0.779. The van der Waals surface area contributed by atoms with E-state index in [4.69, 9.17) is 10.5 Å². The fourth-order valence-corrected chi connectivity index (χ4v) is 2.60. The lowest BCUT2D eigenvalue weighted by atomic mass is 10.0. The maximum Gasteiger partial charge on any atom is 0.226 e. The van der Waals surface area contributed by atoms with Crippen molar-refractivity contribution in [3.05, 3.63) is 65.7 Å². The van der Waals surface area contributed by atoms with E-state index in [9.17, 15) is 4.79 Å². The molecule has 1 aliphatic carbocycles. The summed E-state index contributed by atoms with van der Waals surface area (Å²) >= 11 is 0. The van der Waals surface area contributed by atoms with Crippen molar-refractivity contribution in [1.82, 2.24) is 0 Å². The van der Waals surface area contributed by atoms with Gasteiger partial charge in [0, 0.05) is 24.8 Å². The molecule has 0 saturated heterocycles. The Morgan fingerprint density at radius 2 is 1.96 bits per heavy atom. The number of nitrogens with two attached hydrogens (primary N) is 1. The highest BCUT2D eigenvalue weighted by Gasteiger charge is 2.21.